The molecule has 3 heterocycles. The van der Waals surface area contributed by atoms with Crippen LogP contribution in [0, 0.1) is 13.8 Å². The van der Waals surface area contributed by atoms with Crippen molar-refractivity contribution in [1.82, 2.24) is 20.2 Å². The Labute approximate surface area is 174 Å². The molecular weight excluding hydrogens is 364 g/mol. The normalized spacial score (nSPS) is 21.6. The topological polar surface area (TPSA) is 60.5 Å². The van der Waals surface area contributed by atoms with Gasteiger partial charge in [0.15, 0.2) is 0 Å². The summed E-state index contributed by atoms with van der Waals surface area (Å²) in [4.78, 5) is 4.15. The number of piperazine rings is 1. The van der Waals surface area contributed by atoms with Crippen LogP contribution in [0.2, 0.25) is 0 Å². The summed E-state index contributed by atoms with van der Waals surface area (Å²) in [5, 5.41) is 12.8. The molecule has 1 aromatic heterocycles. The van der Waals surface area contributed by atoms with Crippen LogP contribution in [0.3, 0.4) is 0 Å². The number of aryl methyl sites for hydroxylation is 1. The molecular formula is C22H35N6O+. The summed E-state index contributed by atoms with van der Waals surface area (Å²) in [5.74, 6) is 1.04. The number of tetrazole rings is 1. The number of benzene rings is 1. The highest BCUT2D eigenvalue weighted by Crippen LogP contribution is 2.23. The zero-order valence-electron chi connectivity index (χ0n) is 18.1. The first-order chi connectivity index (χ1) is 14.2. The standard InChI is InChI=1S/C22H34N6O/c1-4-7-21(22-23-24-25-28(22)16-19-9-6-15-29-19)27-13-11-26(12-14-27)20-10-5-8-17(2)18(20)3/h5,8,10,19,21H,4,6-7,9,11-16H2,1-3H3/p+1/t19-,21+/m1/s1. The lowest BCUT2D eigenvalue weighted by Gasteiger charge is -2.37. The number of anilines is 1. The first-order valence-corrected chi connectivity index (χ1v) is 11.2. The molecule has 0 radical (unpaired) electrons. The summed E-state index contributed by atoms with van der Waals surface area (Å²) in [7, 11) is 0. The van der Waals surface area contributed by atoms with Crippen LogP contribution < -0.4 is 9.80 Å². The molecule has 4 rings (SSSR count). The Kier molecular flexibility index (Phi) is 6.45. The average molecular weight is 400 g/mol. The zero-order valence-corrected chi connectivity index (χ0v) is 18.1. The number of nitrogens with zero attached hydrogens (tertiary/aromatic N) is 5. The maximum atomic E-state index is 5.82. The fraction of sp³-hybridized carbons (Fsp3) is 0.682. The fourth-order valence-electron chi connectivity index (χ4n) is 4.84. The van der Waals surface area contributed by atoms with Gasteiger partial charge < -0.3 is 14.5 Å². The summed E-state index contributed by atoms with van der Waals surface area (Å²) in [5.41, 5.74) is 4.16. The molecule has 1 N–H and O–H groups in total. The van der Waals surface area contributed by atoms with Gasteiger partial charge in [0.1, 0.15) is 6.04 Å². The summed E-state index contributed by atoms with van der Waals surface area (Å²) in [6.07, 6.45) is 4.77. The molecule has 0 amide bonds. The minimum atomic E-state index is 0.260. The summed E-state index contributed by atoms with van der Waals surface area (Å²) in [6.45, 7) is 12.7. The van der Waals surface area contributed by atoms with E-state index >= 15 is 0 Å². The Bertz CT molecular complexity index is 792. The van der Waals surface area contributed by atoms with Crippen LogP contribution in [0.1, 0.15) is 55.6 Å². The van der Waals surface area contributed by atoms with Gasteiger partial charge in [0.05, 0.1) is 38.8 Å². The van der Waals surface area contributed by atoms with E-state index in [0.29, 0.717) is 6.04 Å². The highest BCUT2D eigenvalue weighted by Gasteiger charge is 2.33. The van der Waals surface area contributed by atoms with Crippen molar-refractivity contribution in [1.29, 1.82) is 0 Å². The van der Waals surface area contributed by atoms with Crippen molar-refractivity contribution in [3.05, 3.63) is 35.2 Å². The number of hydrogen-bond acceptors (Lipinski definition) is 5. The maximum Gasteiger partial charge on any atom is 0.209 e. The molecule has 0 aliphatic carbocycles. The van der Waals surface area contributed by atoms with Crippen molar-refractivity contribution in [3.8, 4) is 0 Å². The average Bonchev–Trinajstić information content (AvgIpc) is 3.41. The summed E-state index contributed by atoms with van der Waals surface area (Å²) in [6, 6.07) is 7.00. The molecule has 0 unspecified atom stereocenters. The molecule has 2 aliphatic rings. The van der Waals surface area contributed by atoms with Gasteiger partial charge >= 0.3 is 0 Å². The minimum absolute atomic E-state index is 0.260. The van der Waals surface area contributed by atoms with Crippen LogP contribution in [0.4, 0.5) is 5.69 Å². The first-order valence-electron chi connectivity index (χ1n) is 11.2. The number of aromatic nitrogens is 4. The van der Waals surface area contributed by atoms with Crippen LogP contribution >= 0.6 is 0 Å². The van der Waals surface area contributed by atoms with E-state index in [2.05, 4.69) is 59.4 Å². The van der Waals surface area contributed by atoms with Gasteiger partial charge in [-0.15, -0.1) is 5.10 Å². The molecule has 29 heavy (non-hydrogen) atoms. The number of rotatable bonds is 7. The summed E-state index contributed by atoms with van der Waals surface area (Å²) < 4.78 is 7.83. The van der Waals surface area contributed by atoms with Crippen molar-refractivity contribution in [2.24, 2.45) is 0 Å². The van der Waals surface area contributed by atoms with Gasteiger partial charge in [-0.2, -0.15) is 0 Å². The second-order valence-corrected chi connectivity index (χ2v) is 8.56. The molecule has 2 fully saturated rings. The SMILES string of the molecule is CCC[C@@H](c1nnnn1C[C@H]1CCCO1)[NH+]1CCN(c2cccc(C)c2C)CC1. The Morgan fingerprint density at radius 1 is 1.24 bits per heavy atom. The van der Waals surface area contributed by atoms with Crippen LogP contribution in [-0.4, -0.2) is 59.1 Å². The van der Waals surface area contributed by atoms with Crippen LogP contribution in [0.15, 0.2) is 18.2 Å². The van der Waals surface area contributed by atoms with E-state index in [1.165, 1.54) is 16.8 Å². The van der Waals surface area contributed by atoms with Gasteiger partial charge in [0.25, 0.3) is 0 Å². The van der Waals surface area contributed by atoms with E-state index in [1.54, 1.807) is 4.90 Å². The molecule has 2 saturated heterocycles. The molecule has 0 spiro atoms. The van der Waals surface area contributed by atoms with Crippen molar-refractivity contribution >= 4 is 5.69 Å². The van der Waals surface area contributed by atoms with E-state index in [0.717, 1.165) is 70.8 Å². The van der Waals surface area contributed by atoms with E-state index < -0.39 is 0 Å². The van der Waals surface area contributed by atoms with Crippen LogP contribution in [0.25, 0.3) is 0 Å². The first kappa shape index (κ1) is 20.3. The fourth-order valence-corrected chi connectivity index (χ4v) is 4.84. The number of hydrogen-bond donors (Lipinski definition) is 1. The Morgan fingerprint density at radius 3 is 2.79 bits per heavy atom. The highest BCUT2D eigenvalue weighted by molar-refractivity contribution is 5.56. The molecule has 2 aliphatic heterocycles. The van der Waals surface area contributed by atoms with Crippen LogP contribution in [0.5, 0.6) is 0 Å². The van der Waals surface area contributed by atoms with Gasteiger partial charge in [-0.3, -0.25) is 0 Å². The van der Waals surface area contributed by atoms with Crippen molar-refractivity contribution < 1.29 is 9.64 Å². The van der Waals surface area contributed by atoms with Gasteiger partial charge in [-0.1, -0.05) is 25.5 Å². The maximum absolute atomic E-state index is 5.82. The van der Waals surface area contributed by atoms with Gasteiger partial charge in [0, 0.05) is 18.7 Å². The third-order valence-electron chi connectivity index (χ3n) is 6.66. The van der Waals surface area contributed by atoms with Gasteiger partial charge in [0.2, 0.25) is 5.82 Å². The number of ether oxygens (including phenoxy) is 1. The Balaban J connectivity index is 1.45. The molecule has 2 aromatic rings. The molecule has 2 atom stereocenters. The van der Waals surface area contributed by atoms with Crippen molar-refractivity contribution in [2.45, 2.75) is 65.1 Å². The molecule has 7 heteroatoms. The molecule has 0 bridgehead atoms. The lowest BCUT2D eigenvalue weighted by Crippen LogP contribution is -3.15. The third-order valence-corrected chi connectivity index (χ3v) is 6.66. The third kappa shape index (κ3) is 4.46. The quantitative estimate of drug-likeness (QED) is 0.768. The lowest BCUT2D eigenvalue weighted by molar-refractivity contribution is -0.933. The van der Waals surface area contributed by atoms with E-state index in [4.69, 9.17) is 4.74 Å². The van der Waals surface area contributed by atoms with E-state index in [1.807, 2.05) is 4.68 Å². The van der Waals surface area contributed by atoms with Gasteiger partial charge in [-0.25, -0.2) is 4.68 Å². The zero-order chi connectivity index (χ0) is 20.2. The Hall–Kier alpha value is -1.99. The number of quaternary nitrogens is 1. The molecule has 7 nitrogen and oxygen atoms in total. The van der Waals surface area contributed by atoms with Crippen molar-refractivity contribution in [2.75, 3.05) is 37.7 Å². The van der Waals surface area contributed by atoms with E-state index in [-0.39, 0.29) is 6.10 Å². The number of nitrogens with one attached hydrogen (secondary N) is 1. The second kappa shape index (κ2) is 9.22. The highest BCUT2D eigenvalue weighted by atomic mass is 16.5. The minimum Gasteiger partial charge on any atom is -0.376 e. The Morgan fingerprint density at radius 2 is 2.07 bits per heavy atom. The predicted octanol–water partition coefficient (Wildman–Crippen LogP) is 1.72. The molecule has 1 aromatic carbocycles. The lowest BCUT2D eigenvalue weighted by atomic mass is 10.1. The predicted molar refractivity (Wildman–Crippen MR) is 113 cm³/mol. The largest absolute Gasteiger partial charge is 0.376 e. The second-order valence-electron chi connectivity index (χ2n) is 8.56. The monoisotopic (exact) mass is 399 g/mol. The molecule has 0 saturated carbocycles. The van der Waals surface area contributed by atoms with Crippen molar-refractivity contribution in [3.63, 3.8) is 0 Å². The molecule has 158 valence electrons. The van der Waals surface area contributed by atoms with E-state index in [9.17, 15) is 0 Å². The smallest absolute Gasteiger partial charge is 0.209 e. The summed E-state index contributed by atoms with van der Waals surface area (Å²) >= 11 is 0. The van der Waals surface area contributed by atoms with Gasteiger partial charge in [-0.05, 0) is 54.3 Å². The van der Waals surface area contributed by atoms with Crippen LogP contribution in [-0.2, 0) is 11.3 Å².